The Labute approximate surface area is 86.0 Å². The fraction of sp³-hybridized carbons (Fsp3) is 0. The lowest BCUT2D eigenvalue weighted by Crippen LogP contribution is -1.93. The van der Waals surface area contributed by atoms with E-state index in [9.17, 15) is 0 Å². The summed E-state index contributed by atoms with van der Waals surface area (Å²) in [6, 6.07) is 5.26. The number of pyridine rings is 1. The Kier molecular flexibility index (Phi) is 2.55. The predicted octanol–water partition coefficient (Wildman–Crippen LogP) is 2.27. The summed E-state index contributed by atoms with van der Waals surface area (Å²) in [5.41, 5.74) is 0.828. The molecule has 0 saturated carbocycles. The summed E-state index contributed by atoms with van der Waals surface area (Å²) in [5.74, 6) is 0.686. The fourth-order valence-electron chi connectivity index (χ4n) is 0.986. The van der Waals surface area contributed by atoms with Crippen molar-refractivity contribution < 1.29 is 0 Å². The lowest BCUT2D eigenvalue weighted by atomic mass is 10.4. The maximum Gasteiger partial charge on any atom is 0.131 e. The van der Waals surface area contributed by atoms with Gasteiger partial charge in [-0.1, -0.05) is 11.6 Å². The van der Waals surface area contributed by atoms with Crippen LogP contribution in [0.15, 0.2) is 36.8 Å². The molecule has 0 unspecified atom stereocenters. The molecule has 70 valence electrons. The van der Waals surface area contributed by atoms with Crippen molar-refractivity contribution in [1.82, 2.24) is 15.2 Å². The van der Waals surface area contributed by atoms with E-state index in [0.29, 0.717) is 10.8 Å². The van der Waals surface area contributed by atoms with Crippen LogP contribution in [0.1, 0.15) is 0 Å². The molecule has 0 amide bonds. The lowest BCUT2D eigenvalue weighted by Gasteiger charge is -2.03. The molecule has 0 aromatic carbocycles. The second kappa shape index (κ2) is 4.02. The molecule has 0 aliphatic carbocycles. The van der Waals surface area contributed by atoms with Crippen molar-refractivity contribution in [3.8, 4) is 0 Å². The molecule has 0 atom stereocenters. The smallest absolute Gasteiger partial charge is 0.131 e. The zero-order valence-electron chi connectivity index (χ0n) is 7.18. The third-order valence-corrected chi connectivity index (χ3v) is 1.81. The number of rotatable bonds is 2. The van der Waals surface area contributed by atoms with Crippen molar-refractivity contribution in [2.24, 2.45) is 0 Å². The van der Waals surface area contributed by atoms with Crippen LogP contribution in [-0.4, -0.2) is 15.2 Å². The van der Waals surface area contributed by atoms with Gasteiger partial charge in [0, 0.05) is 11.2 Å². The first-order chi connectivity index (χ1) is 6.84. The Hall–Kier alpha value is -1.68. The van der Waals surface area contributed by atoms with Gasteiger partial charge in [0.2, 0.25) is 0 Å². The van der Waals surface area contributed by atoms with E-state index in [1.54, 1.807) is 36.8 Å². The van der Waals surface area contributed by atoms with E-state index < -0.39 is 0 Å². The monoisotopic (exact) mass is 206 g/mol. The molecule has 2 heterocycles. The number of hydrogen-bond acceptors (Lipinski definition) is 4. The van der Waals surface area contributed by atoms with Crippen LogP contribution in [0.3, 0.4) is 0 Å². The Morgan fingerprint density at radius 3 is 2.79 bits per heavy atom. The average Bonchev–Trinajstić information content (AvgIpc) is 2.19. The van der Waals surface area contributed by atoms with E-state index in [1.807, 2.05) is 0 Å². The highest BCUT2D eigenvalue weighted by molar-refractivity contribution is 6.30. The van der Waals surface area contributed by atoms with Crippen LogP contribution >= 0.6 is 11.6 Å². The summed E-state index contributed by atoms with van der Waals surface area (Å²) in [7, 11) is 0. The van der Waals surface area contributed by atoms with Crippen molar-refractivity contribution in [3.63, 3.8) is 0 Å². The van der Waals surface area contributed by atoms with E-state index in [2.05, 4.69) is 20.5 Å². The minimum absolute atomic E-state index is 0.643. The molecule has 2 aromatic heterocycles. The van der Waals surface area contributed by atoms with Crippen LogP contribution in [-0.2, 0) is 0 Å². The summed E-state index contributed by atoms with van der Waals surface area (Å²) in [4.78, 5) is 4.09. The number of aromatic nitrogens is 3. The van der Waals surface area contributed by atoms with Gasteiger partial charge in [-0.3, -0.25) is 0 Å². The third kappa shape index (κ3) is 2.17. The molecule has 4 nitrogen and oxygen atoms in total. The summed E-state index contributed by atoms with van der Waals surface area (Å²) in [5, 5.41) is 11.1. The molecule has 0 spiro atoms. The lowest BCUT2D eigenvalue weighted by molar-refractivity contribution is 1.03. The van der Waals surface area contributed by atoms with Crippen molar-refractivity contribution in [2.45, 2.75) is 0 Å². The zero-order chi connectivity index (χ0) is 9.80. The topological polar surface area (TPSA) is 50.7 Å². The van der Waals surface area contributed by atoms with E-state index in [1.165, 1.54) is 0 Å². The van der Waals surface area contributed by atoms with Crippen LogP contribution in [0, 0.1) is 0 Å². The first-order valence-corrected chi connectivity index (χ1v) is 4.38. The highest BCUT2D eigenvalue weighted by atomic mass is 35.5. The largest absolute Gasteiger partial charge is 0.339 e. The Bertz CT molecular complexity index is 418. The second-order valence-electron chi connectivity index (χ2n) is 2.62. The third-order valence-electron chi connectivity index (χ3n) is 1.58. The minimum atomic E-state index is 0.643. The minimum Gasteiger partial charge on any atom is -0.339 e. The Balaban J connectivity index is 2.19. The van der Waals surface area contributed by atoms with Crippen LogP contribution in [0.25, 0.3) is 0 Å². The molecule has 0 bridgehead atoms. The summed E-state index contributed by atoms with van der Waals surface area (Å²) in [6.45, 7) is 0. The molecule has 0 aliphatic heterocycles. The summed E-state index contributed by atoms with van der Waals surface area (Å²) in [6.07, 6.45) is 4.86. The Morgan fingerprint density at radius 1 is 1.14 bits per heavy atom. The molecule has 0 aliphatic rings. The van der Waals surface area contributed by atoms with Crippen LogP contribution < -0.4 is 5.32 Å². The van der Waals surface area contributed by atoms with Crippen molar-refractivity contribution in [3.05, 3.63) is 41.8 Å². The molecule has 5 heteroatoms. The standard InChI is InChI=1S/C9H7ClN4/c10-7-1-3-11-9(5-7)14-8-2-4-12-13-6-8/h1-6H,(H,11,12,14). The van der Waals surface area contributed by atoms with E-state index in [0.717, 1.165) is 5.69 Å². The first-order valence-electron chi connectivity index (χ1n) is 4.00. The van der Waals surface area contributed by atoms with Gasteiger partial charge < -0.3 is 5.32 Å². The van der Waals surface area contributed by atoms with Gasteiger partial charge >= 0.3 is 0 Å². The molecule has 0 saturated heterocycles. The normalized spacial score (nSPS) is 9.79. The highest BCUT2D eigenvalue weighted by Crippen LogP contribution is 2.15. The average molecular weight is 207 g/mol. The second-order valence-corrected chi connectivity index (χ2v) is 3.05. The van der Waals surface area contributed by atoms with Crippen LogP contribution in [0.2, 0.25) is 5.02 Å². The van der Waals surface area contributed by atoms with E-state index in [4.69, 9.17) is 11.6 Å². The van der Waals surface area contributed by atoms with Crippen LogP contribution in [0.4, 0.5) is 11.5 Å². The van der Waals surface area contributed by atoms with Crippen LogP contribution in [0.5, 0.6) is 0 Å². The molecule has 1 N–H and O–H groups in total. The van der Waals surface area contributed by atoms with Gasteiger partial charge in [-0.25, -0.2) is 4.98 Å². The predicted molar refractivity (Wildman–Crippen MR) is 54.6 cm³/mol. The van der Waals surface area contributed by atoms with Gasteiger partial charge in [0.25, 0.3) is 0 Å². The van der Waals surface area contributed by atoms with Crippen molar-refractivity contribution in [2.75, 3.05) is 5.32 Å². The zero-order valence-corrected chi connectivity index (χ0v) is 7.94. The number of nitrogens with zero attached hydrogens (tertiary/aromatic N) is 3. The van der Waals surface area contributed by atoms with Gasteiger partial charge in [-0.15, -0.1) is 0 Å². The number of halogens is 1. The van der Waals surface area contributed by atoms with Crippen molar-refractivity contribution >= 4 is 23.1 Å². The molecule has 0 fully saturated rings. The maximum absolute atomic E-state index is 5.80. The first kappa shape index (κ1) is 8.90. The fourth-order valence-corrected chi connectivity index (χ4v) is 1.15. The molecule has 14 heavy (non-hydrogen) atoms. The van der Waals surface area contributed by atoms with Crippen molar-refractivity contribution in [1.29, 1.82) is 0 Å². The molecule has 2 aromatic rings. The van der Waals surface area contributed by atoms with Gasteiger partial charge in [0.15, 0.2) is 0 Å². The summed E-state index contributed by atoms with van der Waals surface area (Å²) >= 11 is 5.80. The SMILES string of the molecule is Clc1ccnc(Nc2ccnnc2)c1. The Morgan fingerprint density at radius 2 is 2.07 bits per heavy atom. The van der Waals surface area contributed by atoms with Gasteiger partial charge in [0.1, 0.15) is 5.82 Å². The van der Waals surface area contributed by atoms with E-state index >= 15 is 0 Å². The van der Waals surface area contributed by atoms with Gasteiger partial charge in [-0.2, -0.15) is 10.2 Å². The summed E-state index contributed by atoms with van der Waals surface area (Å²) < 4.78 is 0. The molecule has 0 radical (unpaired) electrons. The number of anilines is 2. The number of hydrogen-bond donors (Lipinski definition) is 1. The number of nitrogens with one attached hydrogen (secondary N) is 1. The van der Waals surface area contributed by atoms with E-state index in [-0.39, 0.29) is 0 Å². The quantitative estimate of drug-likeness (QED) is 0.819. The highest BCUT2D eigenvalue weighted by Gasteiger charge is 1.95. The molecular formula is C9H7ClN4. The van der Waals surface area contributed by atoms with Gasteiger partial charge in [-0.05, 0) is 18.2 Å². The molecule has 2 rings (SSSR count). The maximum atomic E-state index is 5.80. The van der Waals surface area contributed by atoms with Gasteiger partial charge in [0.05, 0.1) is 18.1 Å². The molecular weight excluding hydrogens is 200 g/mol.